The van der Waals surface area contributed by atoms with Crippen molar-refractivity contribution in [2.75, 3.05) is 6.54 Å². The molecule has 0 radical (unpaired) electrons. The molecule has 0 heterocycles. The molecule has 0 rings (SSSR count). The van der Waals surface area contributed by atoms with Gasteiger partial charge < -0.3 is 5.32 Å². The van der Waals surface area contributed by atoms with E-state index in [9.17, 15) is 0 Å². The van der Waals surface area contributed by atoms with Crippen LogP contribution in [0.15, 0.2) is 0 Å². The zero-order valence-electron chi connectivity index (χ0n) is 13.6. The molecule has 0 aromatic carbocycles. The van der Waals surface area contributed by atoms with Crippen molar-refractivity contribution >= 4 is 0 Å². The predicted molar refractivity (Wildman–Crippen MR) is 87.4 cm³/mol. The van der Waals surface area contributed by atoms with Gasteiger partial charge in [0.05, 0.1) is 0 Å². The molecule has 0 bridgehead atoms. The van der Waals surface area contributed by atoms with Crippen LogP contribution in [0, 0.1) is 11.8 Å². The Kier molecular flexibility index (Phi) is 15.2. The first-order chi connectivity index (χ1) is 9.35. The highest BCUT2D eigenvalue weighted by Crippen LogP contribution is 2.12. The summed E-state index contributed by atoms with van der Waals surface area (Å²) in [6.07, 6.45) is 15.0. The molecule has 0 aromatic rings. The highest BCUT2D eigenvalue weighted by molar-refractivity contribution is 4.98. The normalized spacial score (nSPS) is 11.9. The van der Waals surface area contributed by atoms with Gasteiger partial charge in [-0.3, -0.25) is 0 Å². The van der Waals surface area contributed by atoms with Crippen LogP contribution in [0.2, 0.25) is 0 Å². The van der Waals surface area contributed by atoms with Gasteiger partial charge in [0.15, 0.2) is 0 Å². The van der Waals surface area contributed by atoms with Crippen LogP contribution in [-0.4, -0.2) is 12.6 Å². The molecule has 0 fully saturated rings. The molecular weight excluding hydrogens is 230 g/mol. The minimum Gasteiger partial charge on any atom is -0.313 e. The summed E-state index contributed by atoms with van der Waals surface area (Å²) >= 11 is 0. The third-order valence-electron chi connectivity index (χ3n) is 3.67. The van der Waals surface area contributed by atoms with Gasteiger partial charge in [-0.25, -0.2) is 0 Å². The van der Waals surface area contributed by atoms with Crippen LogP contribution < -0.4 is 5.32 Å². The molecule has 1 heteroatoms. The van der Waals surface area contributed by atoms with E-state index >= 15 is 0 Å². The zero-order chi connectivity index (χ0) is 14.2. The molecule has 0 aliphatic carbocycles. The third kappa shape index (κ3) is 13.7. The van der Waals surface area contributed by atoms with Crippen molar-refractivity contribution in [1.82, 2.24) is 5.32 Å². The Morgan fingerprint density at radius 1 is 0.842 bits per heavy atom. The summed E-state index contributed by atoms with van der Waals surface area (Å²) in [5.41, 5.74) is 0. The fourth-order valence-electron chi connectivity index (χ4n) is 2.49. The first-order valence-corrected chi connectivity index (χ1v) is 8.48. The lowest BCUT2D eigenvalue weighted by Gasteiger charge is -2.14. The molecule has 0 aliphatic heterocycles. The molecule has 1 nitrogen and oxygen atoms in total. The Labute approximate surface area is 121 Å². The van der Waals surface area contributed by atoms with Crippen LogP contribution in [-0.2, 0) is 0 Å². The van der Waals surface area contributed by atoms with E-state index in [1.54, 1.807) is 0 Å². The Hall–Kier alpha value is -0.480. The summed E-state index contributed by atoms with van der Waals surface area (Å²) in [5, 5.41) is 3.54. The lowest BCUT2D eigenvalue weighted by atomic mass is 10.0. The topological polar surface area (TPSA) is 12.0 Å². The molecule has 1 N–H and O–H groups in total. The van der Waals surface area contributed by atoms with Gasteiger partial charge in [0.1, 0.15) is 0 Å². The average molecular weight is 265 g/mol. The summed E-state index contributed by atoms with van der Waals surface area (Å²) < 4.78 is 0. The quantitative estimate of drug-likeness (QED) is 0.352. The Morgan fingerprint density at radius 2 is 1.42 bits per heavy atom. The third-order valence-corrected chi connectivity index (χ3v) is 3.67. The molecule has 19 heavy (non-hydrogen) atoms. The average Bonchev–Trinajstić information content (AvgIpc) is 2.42. The Bertz CT molecular complexity index is 224. The number of hydrogen-bond acceptors (Lipinski definition) is 1. The van der Waals surface area contributed by atoms with E-state index in [2.05, 4.69) is 31.0 Å². The predicted octanol–water partition coefficient (Wildman–Crippen LogP) is 5.30. The molecule has 0 saturated carbocycles. The molecule has 1 unspecified atom stereocenters. The van der Waals surface area contributed by atoms with E-state index in [0.29, 0.717) is 6.04 Å². The molecule has 112 valence electrons. The van der Waals surface area contributed by atoms with Crippen molar-refractivity contribution in [3.63, 3.8) is 0 Å². The first-order valence-electron chi connectivity index (χ1n) is 8.48. The van der Waals surface area contributed by atoms with Crippen LogP contribution in [0.5, 0.6) is 0 Å². The lowest BCUT2D eigenvalue weighted by Crippen LogP contribution is -2.28. The van der Waals surface area contributed by atoms with E-state index in [0.717, 1.165) is 13.0 Å². The maximum atomic E-state index is 3.54. The van der Waals surface area contributed by atoms with Crippen LogP contribution in [0.1, 0.15) is 91.4 Å². The molecule has 0 amide bonds. The molecule has 1 atom stereocenters. The summed E-state index contributed by atoms with van der Waals surface area (Å²) in [7, 11) is 0. The molecule has 0 aromatic heterocycles. The van der Waals surface area contributed by atoms with E-state index in [1.807, 2.05) is 6.92 Å². The summed E-state index contributed by atoms with van der Waals surface area (Å²) in [6.45, 7) is 7.46. The fourth-order valence-corrected chi connectivity index (χ4v) is 2.49. The summed E-state index contributed by atoms with van der Waals surface area (Å²) in [5.74, 6) is 6.20. The van der Waals surface area contributed by atoms with Crippen molar-refractivity contribution in [2.24, 2.45) is 0 Å². The first kappa shape index (κ1) is 18.5. The van der Waals surface area contributed by atoms with E-state index in [-0.39, 0.29) is 0 Å². The van der Waals surface area contributed by atoms with Crippen LogP contribution in [0.4, 0.5) is 0 Å². The van der Waals surface area contributed by atoms with Crippen molar-refractivity contribution in [3.8, 4) is 11.8 Å². The minimum atomic E-state index is 0.613. The smallest absolute Gasteiger partial charge is 0.0243 e. The van der Waals surface area contributed by atoms with Crippen LogP contribution in [0.25, 0.3) is 0 Å². The number of nitrogens with one attached hydrogen (secondary N) is 1. The van der Waals surface area contributed by atoms with Gasteiger partial charge in [-0.15, -0.1) is 11.8 Å². The maximum Gasteiger partial charge on any atom is 0.0243 e. The summed E-state index contributed by atoms with van der Waals surface area (Å²) in [4.78, 5) is 0. The van der Waals surface area contributed by atoms with E-state index < -0.39 is 0 Å². The molecular formula is C18H35N. The van der Waals surface area contributed by atoms with Gasteiger partial charge >= 0.3 is 0 Å². The van der Waals surface area contributed by atoms with E-state index in [4.69, 9.17) is 0 Å². The minimum absolute atomic E-state index is 0.613. The van der Waals surface area contributed by atoms with Crippen molar-refractivity contribution in [2.45, 2.75) is 97.4 Å². The molecule has 0 saturated heterocycles. The highest BCUT2D eigenvalue weighted by Gasteiger charge is 2.04. The SMILES string of the molecule is CC#CCC(CCCCCCCCCCC)NCC. The zero-order valence-corrected chi connectivity index (χ0v) is 13.6. The number of hydrogen-bond donors (Lipinski definition) is 1. The standard InChI is InChI=1S/C18H35N/c1-4-7-9-10-11-12-13-14-15-17-18(19-6-3)16-8-5-2/h18-19H,4,6-7,9-17H2,1-3H3. The largest absolute Gasteiger partial charge is 0.313 e. The fraction of sp³-hybridized carbons (Fsp3) is 0.889. The Balaban J connectivity index is 3.35. The number of rotatable bonds is 13. The van der Waals surface area contributed by atoms with Crippen LogP contribution >= 0.6 is 0 Å². The molecule has 0 aliphatic rings. The number of unbranched alkanes of at least 4 members (excludes halogenated alkanes) is 8. The van der Waals surface area contributed by atoms with Gasteiger partial charge in [-0.1, -0.05) is 71.6 Å². The monoisotopic (exact) mass is 265 g/mol. The molecule has 0 spiro atoms. The second-order valence-corrected chi connectivity index (χ2v) is 5.50. The van der Waals surface area contributed by atoms with Gasteiger partial charge in [0.2, 0.25) is 0 Å². The van der Waals surface area contributed by atoms with Gasteiger partial charge in [0, 0.05) is 12.5 Å². The summed E-state index contributed by atoms with van der Waals surface area (Å²) in [6, 6.07) is 0.613. The van der Waals surface area contributed by atoms with Gasteiger partial charge in [-0.05, 0) is 19.9 Å². The highest BCUT2D eigenvalue weighted by atomic mass is 14.9. The van der Waals surface area contributed by atoms with Crippen molar-refractivity contribution < 1.29 is 0 Å². The maximum absolute atomic E-state index is 3.54. The van der Waals surface area contributed by atoms with Gasteiger partial charge in [-0.2, -0.15) is 0 Å². The van der Waals surface area contributed by atoms with Crippen molar-refractivity contribution in [3.05, 3.63) is 0 Å². The van der Waals surface area contributed by atoms with Gasteiger partial charge in [0.25, 0.3) is 0 Å². The van der Waals surface area contributed by atoms with Crippen LogP contribution in [0.3, 0.4) is 0 Å². The second kappa shape index (κ2) is 15.6. The Morgan fingerprint density at radius 3 is 1.95 bits per heavy atom. The second-order valence-electron chi connectivity index (χ2n) is 5.50. The van der Waals surface area contributed by atoms with E-state index in [1.165, 1.54) is 64.2 Å². The lowest BCUT2D eigenvalue weighted by molar-refractivity contribution is 0.467. The van der Waals surface area contributed by atoms with Crippen molar-refractivity contribution in [1.29, 1.82) is 0 Å².